The number of aromatic nitrogens is 4. The molecular formula is C15H22N4O. The van der Waals surface area contributed by atoms with Crippen molar-refractivity contribution >= 4 is 5.78 Å². The third-order valence-corrected chi connectivity index (χ3v) is 3.50. The van der Waals surface area contributed by atoms with Crippen molar-refractivity contribution in [1.82, 2.24) is 19.6 Å². The molecule has 0 amide bonds. The summed E-state index contributed by atoms with van der Waals surface area (Å²) in [5, 5.41) is 8.89. The summed E-state index contributed by atoms with van der Waals surface area (Å²) in [5.74, 6) is 0.106. The Labute approximate surface area is 119 Å². The van der Waals surface area contributed by atoms with Crippen molar-refractivity contribution in [2.24, 2.45) is 0 Å². The van der Waals surface area contributed by atoms with Crippen molar-refractivity contribution < 1.29 is 4.79 Å². The SMILES string of the molecule is CCc1nn(Cc2cnn(CC)c2)c(CC)c1C(C)=O. The van der Waals surface area contributed by atoms with Crippen molar-refractivity contribution in [3.8, 4) is 0 Å². The van der Waals surface area contributed by atoms with E-state index in [9.17, 15) is 4.79 Å². The summed E-state index contributed by atoms with van der Waals surface area (Å²) in [7, 11) is 0. The van der Waals surface area contributed by atoms with Gasteiger partial charge in [0.25, 0.3) is 0 Å². The molecule has 0 aliphatic carbocycles. The zero-order valence-electron chi connectivity index (χ0n) is 12.7. The van der Waals surface area contributed by atoms with Gasteiger partial charge in [-0.3, -0.25) is 14.2 Å². The molecule has 0 aromatic carbocycles. The fourth-order valence-electron chi connectivity index (χ4n) is 2.53. The van der Waals surface area contributed by atoms with Gasteiger partial charge < -0.3 is 0 Å². The molecule has 5 heteroatoms. The van der Waals surface area contributed by atoms with Crippen LogP contribution in [0.5, 0.6) is 0 Å². The highest BCUT2D eigenvalue weighted by Gasteiger charge is 2.19. The number of nitrogens with zero attached hydrogens (tertiary/aromatic N) is 4. The number of aryl methyl sites for hydroxylation is 2. The first-order valence-corrected chi connectivity index (χ1v) is 7.21. The largest absolute Gasteiger partial charge is 0.294 e. The summed E-state index contributed by atoms with van der Waals surface area (Å²) < 4.78 is 3.85. The Balaban J connectivity index is 2.38. The van der Waals surface area contributed by atoms with Gasteiger partial charge in [0.1, 0.15) is 0 Å². The smallest absolute Gasteiger partial charge is 0.163 e. The second kappa shape index (κ2) is 6.03. The van der Waals surface area contributed by atoms with Crippen LogP contribution in [0.2, 0.25) is 0 Å². The predicted molar refractivity (Wildman–Crippen MR) is 78.0 cm³/mol. The predicted octanol–water partition coefficient (Wildman–Crippen LogP) is 2.48. The second-order valence-corrected chi connectivity index (χ2v) is 4.89. The summed E-state index contributed by atoms with van der Waals surface area (Å²) in [5.41, 5.74) is 3.84. The van der Waals surface area contributed by atoms with Crippen LogP contribution in [-0.2, 0) is 25.9 Å². The van der Waals surface area contributed by atoms with Crippen LogP contribution < -0.4 is 0 Å². The molecular weight excluding hydrogens is 252 g/mol. The summed E-state index contributed by atoms with van der Waals surface area (Å²) in [6.45, 7) is 9.31. The van der Waals surface area contributed by atoms with Crippen molar-refractivity contribution in [1.29, 1.82) is 0 Å². The van der Waals surface area contributed by atoms with Gasteiger partial charge in [-0.2, -0.15) is 10.2 Å². The molecule has 2 aromatic rings. The summed E-state index contributed by atoms with van der Waals surface area (Å²) in [6, 6.07) is 0. The van der Waals surface area contributed by atoms with Gasteiger partial charge in [0, 0.05) is 24.0 Å². The molecule has 0 unspecified atom stereocenters. The maximum Gasteiger partial charge on any atom is 0.163 e. The highest BCUT2D eigenvalue weighted by atomic mass is 16.1. The molecule has 0 spiro atoms. The second-order valence-electron chi connectivity index (χ2n) is 4.89. The number of Topliss-reactive ketones (excluding diaryl/α,β-unsaturated/α-hetero) is 1. The molecule has 0 N–H and O–H groups in total. The molecule has 0 saturated carbocycles. The Morgan fingerprint density at radius 3 is 2.50 bits per heavy atom. The van der Waals surface area contributed by atoms with Crippen LogP contribution in [0.4, 0.5) is 0 Å². The monoisotopic (exact) mass is 274 g/mol. The average Bonchev–Trinajstić information content (AvgIpc) is 3.02. The summed E-state index contributed by atoms with van der Waals surface area (Å²) in [6.07, 6.45) is 5.48. The molecule has 2 aromatic heterocycles. The fraction of sp³-hybridized carbons (Fsp3) is 0.533. The number of carbonyl (C=O) groups excluding carboxylic acids is 1. The standard InChI is InChI=1S/C15H22N4O/c1-5-13-15(11(4)20)14(6-2)19(17-13)10-12-8-16-18(7-3)9-12/h8-9H,5-7,10H2,1-4H3. The molecule has 0 fully saturated rings. The van der Waals surface area contributed by atoms with Gasteiger partial charge in [0.2, 0.25) is 0 Å². The van der Waals surface area contributed by atoms with Crippen molar-refractivity contribution in [3.05, 3.63) is 34.9 Å². The van der Waals surface area contributed by atoms with Crippen LogP contribution in [0.15, 0.2) is 12.4 Å². The van der Waals surface area contributed by atoms with Gasteiger partial charge >= 0.3 is 0 Å². The van der Waals surface area contributed by atoms with E-state index in [4.69, 9.17) is 0 Å². The van der Waals surface area contributed by atoms with Crippen molar-refractivity contribution in [3.63, 3.8) is 0 Å². The van der Waals surface area contributed by atoms with E-state index in [0.717, 1.165) is 41.9 Å². The lowest BCUT2D eigenvalue weighted by Gasteiger charge is -2.05. The van der Waals surface area contributed by atoms with E-state index in [-0.39, 0.29) is 5.78 Å². The zero-order chi connectivity index (χ0) is 14.7. The van der Waals surface area contributed by atoms with Gasteiger partial charge in [-0.05, 0) is 26.7 Å². The van der Waals surface area contributed by atoms with Gasteiger partial charge in [0.05, 0.1) is 24.0 Å². The molecule has 108 valence electrons. The summed E-state index contributed by atoms with van der Waals surface area (Å²) in [4.78, 5) is 11.9. The zero-order valence-corrected chi connectivity index (χ0v) is 12.7. The van der Waals surface area contributed by atoms with Gasteiger partial charge in [-0.15, -0.1) is 0 Å². The number of carbonyl (C=O) groups is 1. The minimum Gasteiger partial charge on any atom is -0.294 e. The Kier molecular flexibility index (Phi) is 4.37. The first-order valence-electron chi connectivity index (χ1n) is 7.21. The van der Waals surface area contributed by atoms with E-state index in [1.807, 2.05) is 28.7 Å². The lowest BCUT2D eigenvalue weighted by molar-refractivity contribution is 0.101. The van der Waals surface area contributed by atoms with Crippen LogP contribution >= 0.6 is 0 Å². The average molecular weight is 274 g/mol. The maximum absolute atomic E-state index is 11.9. The number of hydrogen-bond donors (Lipinski definition) is 0. The van der Waals surface area contributed by atoms with E-state index in [1.54, 1.807) is 6.92 Å². The summed E-state index contributed by atoms with van der Waals surface area (Å²) >= 11 is 0. The number of rotatable bonds is 6. The van der Waals surface area contributed by atoms with E-state index in [0.29, 0.717) is 6.54 Å². The van der Waals surface area contributed by atoms with Crippen LogP contribution in [0.3, 0.4) is 0 Å². The van der Waals surface area contributed by atoms with Crippen LogP contribution in [-0.4, -0.2) is 25.3 Å². The third-order valence-electron chi connectivity index (χ3n) is 3.50. The lowest BCUT2D eigenvalue weighted by Crippen LogP contribution is -2.07. The molecule has 5 nitrogen and oxygen atoms in total. The number of hydrogen-bond acceptors (Lipinski definition) is 3. The minimum atomic E-state index is 0.106. The van der Waals surface area contributed by atoms with Crippen molar-refractivity contribution in [2.75, 3.05) is 0 Å². The van der Waals surface area contributed by atoms with Gasteiger partial charge in [-0.25, -0.2) is 0 Å². The Bertz CT molecular complexity index is 609. The Hall–Kier alpha value is -1.91. The molecule has 0 aliphatic rings. The van der Waals surface area contributed by atoms with Crippen LogP contribution in [0, 0.1) is 0 Å². The van der Waals surface area contributed by atoms with Crippen LogP contribution in [0.1, 0.15) is 55.0 Å². The van der Waals surface area contributed by atoms with Gasteiger partial charge in [0.15, 0.2) is 5.78 Å². The Morgan fingerprint density at radius 1 is 1.25 bits per heavy atom. The highest BCUT2D eigenvalue weighted by Crippen LogP contribution is 2.18. The van der Waals surface area contributed by atoms with E-state index >= 15 is 0 Å². The minimum absolute atomic E-state index is 0.106. The third kappa shape index (κ3) is 2.66. The topological polar surface area (TPSA) is 52.7 Å². The molecule has 0 radical (unpaired) electrons. The molecule has 0 saturated heterocycles. The fourth-order valence-corrected chi connectivity index (χ4v) is 2.53. The molecule has 0 bridgehead atoms. The first kappa shape index (κ1) is 14.5. The molecule has 0 atom stereocenters. The highest BCUT2D eigenvalue weighted by molar-refractivity contribution is 5.96. The van der Waals surface area contributed by atoms with E-state index in [1.165, 1.54) is 0 Å². The molecule has 2 heterocycles. The lowest BCUT2D eigenvalue weighted by atomic mass is 10.1. The van der Waals surface area contributed by atoms with Gasteiger partial charge in [-0.1, -0.05) is 13.8 Å². The quantitative estimate of drug-likeness (QED) is 0.760. The van der Waals surface area contributed by atoms with Crippen molar-refractivity contribution in [2.45, 2.75) is 53.6 Å². The molecule has 2 rings (SSSR count). The van der Waals surface area contributed by atoms with E-state index < -0.39 is 0 Å². The molecule has 20 heavy (non-hydrogen) atoms. The Morgan fingerprint density at radius 2 is 2.00 bits per heavy atom. The van der Waals surface area contributed by atoms with E-state index in [2.05, 4.69) is 24.0 Å². The molecule has 0 aliphatic heterocycles. The maximum atomic E-state index is 11.9. The normalized spacial score (nSPS) is 11.0. The van der Waals surface area contributed by atoms with Crippen LogP contribution in [0.25, 0.3) is 0 Å². The number of ketones is 1. The first-order chi connectivity index (χ1) is 9.60.